The SMILES string of the molecule is C[C@H]1c2ccc(C(F)F)cc2CCN1C(=O)CNc1cc2cc[nH]c(=O)c2cc1F. The molecule has 8 heteroatoms. The van der Waals surface area contributed by atoms with E-state index in [1.54, 1.807) is 17.0 Å². The van der Waals surface area contributed by atoms with Gasteiger partial charge in [0.15, 0.2) is 0 Å². The van der Waals surface area contributed by atoms with Crippen molar-refractivity contribution >= 4 is 22.4 Å². The van der Waals surface area contributed by atoms with Crippen LogP contribution in [-0.2, 0) is 11.2 Å². The second kappa shape index (κ2) is 7.85. The lowest BCUT2D eigenvalue weighted by Gasteiger charge is -2.35. The molecular formula is C22H20F3N3O2. The topological polar surface area (TPSA) is 65.2 Å². The fraction of sp³-hybridized carbons (Fsp3) is 0.273. The normalized spacial score (nSPS) is 16.0. The van der Waals surface area contributed by atoms with Crippen LogP contribution >= 0.6 is 0 Å². The molecule has 0 fully saturated rings. The number of anilines is 1. The maximum Gasteiger partial charge on any atom is 0.263 e. The highest BCUT2D eigenvalue weighted by Gasteiger charge is 2.28. The lowest BCUT2D eigenvalue weighted by Crippen LogP contribution is -2.41. The van der Waals surface area contributed by atoms with Crippen molar-refractivity contribution in [3.63, 3.8) is 0 Å². The summed E-state index contributed by atoms with van der Waals surface area (Å²) in [7, 11) is 0. The van der Waals surface area contributed by atoms with E-state index < -0.39 is 12.2 Å². The third-order valence-corrected chi connectivity index (χ3v) is 5.57. The number of amides is 1. The van der Waals surface area contributed by atoms with Gasteiger partial charge in [0.2, 0.25) is 5.91 Å². The molecule has 2 aromatic carbocycles. The van der Waals surface area contributed by atoms with Crippen LogP contribution < -0.4 is 10.9 Å². The fourth-order valence-corrected chi connectivity index (χ4v) is 3.95. The molecule has 3 aromatic rings. The lowest BCUT2D eigenvalue weighted by molar-refractivity contribution is -0.131. The molecule has 1 aromatic heterocycles. The quantitative estimate of drug-likeness (QED) is 0.673. The van der Waals surface area contributed by atoms with E-state index in [9.17, 15) is 22.8 Å². The third kappa shape index (κ3) is 3.65. The predicted molar refractivity (Wildman–Crippen MR) is 108 cm³/mol. The number of aromatic amines is 1. The Kier molecular flexibility index (Phi) is 5.24. The van der Waals surface area contributed by atoms with Gasteiger partial charge < -0.3 is 15.2 Å². The van der Waals surface area contributed by atoms with Gasteiger partial charge in [0.25, 0.3) is 12.0 Å². The highest BCUT2D eigenvalue weighted by atomic mass is 19.3. The largest absolute Gasteiger partial charge is 0.374 e. The summed E-state index contributed by atoms with van der Waals surface area (Å²) >= 11 is 0. The van der Waals surface area contributed by atoms with Crippen LogP contribution in [0.1, 0.15) is 36.1 Å². The molecular weight excluding hydrogens is 395 g/mol. The van der Waals surface area contributed by atoms with Crippen LogP contribution in [0.15, 0.2) is 47.4 Å². The zero-order valence-corrected chi connectivity index (χ0v) is 16.2. The number of fused-ring (bicyclic) bond motifs is 2. The van der Waals surface area contributed by atoms with Gasteiger partial charge in [-0.3, -0.25) is 9.59 Å². The van der Waals surface area contributed by atoms with Gasteiger partial charge in [-0.1, -0.05) is 12.1 Å². The van der Waals surface area contributed by atoms with Crippen molar-refractivity contribution in [3.05, 3.63) is 75.5 Å². The zero-order valence-electron chi connectivity index (χ0n) is 16.2. The Balaban J connectivity index is 1.49. The van der Waals surface area contributed by atoms with Crippen LogP contribution in [-0.4, -0.2) is 28.9 Å². The van der Waals surface area contributed by atoms with Gasteiger partial charge in [-0.05, 0) is 54.1 Å². The van der Waals surface area contributed by atoms with Crippen molar-refractivity contribution in [3.8, 4) is 0 Å². The molecule has 4 rings (SSSR count). The standard InChI is InChI=1S/C22H20F3N3O2/c1-12-16-3-2-15(21(24)25)8-14(16)5-7-28(12)20(29)11-27-19-9-13-4-6-26-22(30)17(13)10-18(19)23/h2-4,6,8-10,12,21,27H,5,7,11H2,1H3,(H,26,30)/t12-/m0/s1. The minimum Gasteiger partial charge on any atom is -0.374 e. The molecule has 30 heavy (non-hydrogen) atoms. The molecule has 0 saturated heterocycles. The Labute approximate surface area is 170 Å². The number of alkyl halides is 2. The summed E-state index contributed by atoms with van der Waals surface area (Å²) in [5, 5.41) is 3.61. The number of rotatable bonds is 4. The summed E-state index contributed by atoms with van der Waals surface area (Å²) < 4.78 is 40.2. The molecule has 0 aliphatic carbocycles. The number of nitrogens with zero attached hydrogens (tertiary/aromatic N) is 1. The van der Waals surface area contributed by atoms with Crippen molar-refractivity contribution in [1.82, 2.24) is 9.88 Å². The van der Waals surface area contributed by atoms with E-state index in [2.05, 4.69) is 10.3 Å². The van der Waals surface area contributed by atoms with Crippen LogP contribution in [0.2, 0.25) is 0 Å². The van der Waals surface area contributed by atoms with E-state index in [0.717, 1.165) is 17.2 Å². The van der Waals surface area contributed by atoms with Crippen molar-refractivity contribution in [1.29, 1.82) is 0 Å². The van der Waals surface area contributed by atoms with Gasteiger partial charge in [-0.2, -0.15) is 0 Å². The van der Waals surface area contributed by atoms with Gasteiger partial charge in [-0.15, -0.1) is 0 Å². The minimum absolute atomic E-state index is 0.0204. The van der Waals surface area contributed by atoms with Crippen LogP contribution in [0.25, 0.3) is 10.8 Å². The maximum atomic E-state index is 14.4. The number of nitrogens with one attached hydrogen (secondary N) is 2. The molecule has 1 amide bonds. The monoisotopic (exact) mass is 415 g/mol. The van der Waals surface area contributed by atoms with E-state index in [1.807, 2.05) is 6.92 Å². The van der Waals surface area contributed by atoms with Crippen molar-refractivity contribution < 1.29 is 18.0 Å². The summed E-state index contributed by atoms with van der Waals surface area (Å²) in [5.74, 6) is -0.847. The number of carbonyl (C=O) groups excluding carboxylic acids is 1. The predicted octanol–water partition coefficient (Wildman–Crippen LogP) is 4.16. The Hall–Kier alpha value is -3.29. The van der Waals surface area contributed by atoms with Crippen LogP contribution in [0, 0.1) is 5.82 Å². The highest BCUT2D eigenvalue weighted by molar-refractivity contribution is 5.87. The number of halogens is 3. The molecule has 156 valence electrons. The maximum absolute atomic E-state index is 14.4. The second-order valence-electron chi connectivity index (χ2n) is 7.35. The number of carbonyl (C=O) groups is 1. The Morgan fingerprint density at radius 2 is 2.07 bits per heavy atom. The van der Waals surface area contributed by atoms with Gasteiger partial charge in [0.1, 0.15) is 5.82 Å². The first-order valence-corrected chi connectivity index (χ1v) is 9.60. The average molecular weight is 415 g/mol. The molecule has 0 radical (unpaired) electrons. The van der Waals surface area contributed by atoms with Crippen LogP contribution in [0.3, 0.4) is 0 Å². The van der Waals surface area contributed by atoms with E-state index >= 15 is 0 Å². The van der Waals surface area contributed by atoms with Gasteiger partial charge in [0, 0.05) is 18.3 Å². The molecule has 1 aliphatic rings. The van der Waals surface area contributed by atoms with E-state index in [1.165, 1.54) is 24.4 Å². The van der Waals surface area contributed by atoms with Gasteiger partial charge in [0.05, 0.1) is 23.7 Å². The number of aromatic nitrogens is 1. The Morgan fingerprint density at radius 3 is 2.83 bits per heavy atom. The van der Waals surface area contributed by atoms with Crippen molar-refractivity contribution in [2.75, 3.05) is 18.4 Å². The number of hydrogen-bond acceptors (Lipinski definition) is 3. The van der Waals surface area contributed by atoms with E-state index in [0.29, 0.717) is 18.4 Å². The molecule has 1 aliphatic heterocycles. The molecule has 0 unspecified atom stereocenters. The molecule has 2 heterocycles. The zero-order chi connectivity index (χ0) is 21.4. The third-order valence-electron chi connectivity index (χ3n) is 5.57. The Morgan fingerprint density at radius 1 is 1.27 bits per heavy atom. The Bertz CT molecular complexity index is 1180. The smallest absolute Gasteiger partial charge is 0.263 e. The molecule has 0 bridgehead atoms. The molecule has 0 saturated carbocycles. The lowest BCUT2D eigenvalue weighted by atomic mass is 9.92. The molecule has 0 spiro atoms. The number of H-pyrrole nitrogens is 1. The number of benzene rings is 2. The van der Waals surface area contributed by atoms with Gasteiger partial charge in [-0.25, -0.2) is 13.2 Å². The number of hydrogen-bond donors (Lipinski definition) is 2. The van der Waals surface area contributed by atoms with Crippen LogP contribution in [0.5, 0.6) is 0 Å². The minimum atomic E-state index is -2.53. The summed E-state index contributed by atoms with van der Waals surface area (Å²) in [6.07, 6.45) is -0.565. The number of pyridine rings is 1. The summed E-state index contributed by atoms with van der Waals surface area (Å²) in [6.45, 7) is 2.12. The fourth-order valence-electron chi connectivity index (χ4n) is 3.95. The first-order chi connectivity index (χ1) is 14.3. The van der Waals surface area contributed by atoms with Crippen LogP contribution in [0.4, 0.5) is 18.9 Å². The highest BCUT2D eigenvalue weighted by Crippen LogP contribution is 2.32. The summed E-state index contributed by atoms with van der Waals surface area (Å²) in [5.41, 5.74) is 1.39. The van der Waals surface area contributed by atoms with E-state index in [4.69, 9.17) is 0 Å². The second-order valence-corrected chi connectivity index (χ2v) is 7.35. The average Bonchev–Trinajstić information content (AvgIpc) is 2.72. The summed E-state index contributed by atoms with van der Waals surface area (Å²) in [4.78, 5) is 28.7. The first-order valence-electron chi connectivity index (χ1n) is 9.60. The molecule has 2 N–H and O–H groups in total. The summed E-state index contributed by atoms with van der Waals surface area (Å²) in [6, 6.07) is 8.56. The molecule has 1 atom stereocenters. The van der Waals surface area contributed by atoms with E-state index in [-0.39, 0.29) is 40.7 Å². The first kappa shape index (κ1) is 20.0. The van der Waals surface area contributed by atoms with Crippen molar-refractivity contribution in [2.24, 2.45) is 0 Å². The van der Waals surface area contributed by atoms with Crippen molar-refractivity contribution in [2.45, 2.75) is 25.8 Å². The van der Waals surface area contributed by atoms with Gasteiger partial charge >= 0.3 is 0 Å². The molecule has 5 nitrogen and oxygen atoms in total.